The number of carbonyl (C=O) groups is 1. The lowest BCUT2D eigenvalue weighted by molar-refractivity contribution is 0.0788. The Morgan fingerprint density at radius 1 is 1.50 bits per heavy atom. The first-order valence-corrected chi connectivity index (χ1v) is 6.93. The van der Waals surface area contributed by atoms with Gasteiger partial charge in [0.25, 0.3) is 5.91 Å². The molecule has 0 aliphatic carbocycles. The number of hydrogen-bond acceptors (Lipinski definition) is 2. The minimum atomic E-state index is 0. The van der Waals surface area contributed by atoms with Gasteiger partial charge in [-0.25, -0.2) is 0 Å². The maximum Gasteiger partial charge on any atom is 0.254 e. The van der Waals surface area contributed by atoms with Crippen LogP contribution in [-0.4, -0.2) is 37.0 Å². The van der Waals surface area contributed by atoms with Crippen molar-refractivity contribution in [1.82, 2.24) is 10.2 Å². The van der Waals surface area contributed by atoms with Crippen molar-refractivity contribution in [3.8, 4) is 0 Å². The molecule has 18 heavy (non-hydrogen) atoms. The monoisotopic (exact) mass is 380 g/mol. The molecule has 1 fully saturated rings. The number of rotatable bonds is 2. The number of benzene rings is 1. The van der Waals surface area contributed by atoms with Gasteiger partial charge in [0.2, 0.25) is 0 Å². The lowest BCUT2D eigenvalue weighted by Crippen LogP contribution is -2.33. The summed E-state index contributed by atoms with van der Waals surface area (Å²) in [6, 6.07) is 6.36. The van der Waals surface area contributed by atoms with Gasteiger partial charge in [0.05, 0.1) is 5.56 Å². The number of nitrogens with one attached hydrogen (secondary N) is 1. The van der Waals surface area contributed by atoms with Crippen LogP contribution in [0.1, 0.15) is 22.3 Å². The van der Waals surface area contributed by atoms with Crippen molar-refractivity contribution in [1.29, 1.82) is 0 Å². The van der Waals surface area contributed by atoms with Crippen LogP contribution in [0.5, 0.6) is 0 Å². The smallest absolute Gasteiger partial charge is 0.254 e. The van der Waals surface area contributed by atoms with E-state index in [0.717, 1.165) is 28.6 Å². The molecule has 1 aliphatic heterocycles. The summed E-state index contributed by atoms with van der Waals surface area (Å²) in [4.78, 5) is 14.3. The normalized spacial score (nSPS) is 18.6. The summed E-state index contributed by atoms with van der Waals surface area (Å²) in [5.74, 6) is 0.163. The molecule has 1 aromatic rings. The average molecular weight is 381 g/mol. The fourth-order valence-electron chi connectivity index (χ4n) is 2.16. The van der Waals surface area contributed by atoms with Crippen LogP contribution >= 0.6 is 35.0 Å². The van der Waals surface area contributed by atoms with Gasteiger partial charge in [0, 0.05) is 22.7 Å². The molecule has 1 aliphatic rings. The molecular formula is C13H18ClIN2O. The second-order valence-corrected chi connectivity index (χ2v) is 5.54. The molecule has 3 nitrogen and oxygen atoms in total. The first-order chi connectivity index (χ1) is 8.13. The van der Waals surface area contributed by atoms with Gasteiger partial charge in [-0.3, -0.25) is 4.79 Å². The maximum atomic E-state index is 12.4. The van der Waals surface area contributed by atoms with Crippen molar-refractivity contribution in [3.05, 3.63) is 32.9 Å². The zero-order chi connectivity index (χ0) is 12.4. The van der Waals surface area contributed by atoms with E-state index in [1.165, 1.54) is 5.56 Å². The molecule has 5 heteroatoms. The zero-order valence-electron chi connectivity index (χ0n) is 10.6. The van der Waals surface area contributed by atoms with Crippen LogP contribution in [0.2, 0.25) is 0 Å². The molecule has 100 valence electrons. The maximum absolute atomic E-state index is 12.4. The Balaban J connectivity index is 0.00000162. The van der Waals surface area contributed by atoms with Crippen molar-refractivity contribution < 1.29 is 4.79 Å². The van der Waals surface area contributed by atoms with Crippen molar-refractivity contribution in [2.24, 2.45) is 0 Å². The van der Waals surface area contributed by atoms with E-state index in [2.05, 4.69) is 27.9 Å². The average Bonchev–Trinajstić information content (AvgIpc) is 2.80. The Morgan fingerprint density at radius 3 is 2.83 bits per heavy atom. The highest BCUT2D eigenvalue weighted by Crippen LogP contribution is 2.20. The van der Waals surface area contributed by atoms with Gasteiger partial charge in [-0.2, -0.15) is 0 Å². The predicted molar refractivity (Wildman–Crippen MR) is 84.5 cm³/mol. The predicted octanol–water partition coefficient (Wildman–Crippen LogP) is 2.46. The van der Waals surface area contributed by atoms with Gasteiger partial charge in [-0.15, -0.1) is 12.4 Å². The van der Waals surface area contributed by atoms with Crippen LogP contribution in [0.15, 0.2) is 18.2 Å². The van der Waals surface area contributed by atoms with Crippen molar-refractivity contribution in [3.63, 3.8) is 0 Å². The minimum absolute atomic E-state index is 0. The Morgan fingerprint density at radius 2 is 2.22 bits per heavy atom. The lowest BCUT2D eigenvalue weighted by atomic mass is 10.1. The first kappa shape index (κ1) is 15.7. The van der Waals surface area contributed by atoms with Crippen LogP contribution < -0.4 is 5.32 Å². The van der Waals surface area contributed by atoms with Crippen LogP contribution in [0.4, 0.5) is 0 Å². The number of hydrogen-bond donors (Lipinski definition) is 1. The zero-order valence-corrected chi connectivity index (χ0v) is 13.5. The van der Waals surface area contributed by atoms with Gasteiger partial charge in [0.1, 0.15) is 0 Å². The SMILES string of the molecule is CNC1CCN(C(=O)c2cccc(C)c2I)C1.Cl. The van der Waals surface area contributed by atoms with Crippen molar-refractivity contribution in [2.75, 3.05) is 20.1 Å². The van der Waals surface area contributed by atoms with Gasteiger partial charge < -0.3 is 10.2 Å². The fourth-order valence-corrected chi connectivity index (χ4v) is 2.75. The third-order valence-corrected chi connectivity index (χ3v) is 4.74. The van der Waals surface area contributed by atoms with E-state index in [4.69, 9.17) is 0 Å². The second kappa shape index (κ2) is 6.73. The molecule has 0 bridgehead atoms. The van der Waals surface area contributed by atoms with Crippen molar-refractivity contribution in [2.45, 2.75) is 19.4 Å². The van der Waals surface area contributed by atoms with E-state index in [1.54, 1.807) is 0 Å². The number of halogens is 2. The van der Waals surface area contributed by atoms with E-state index < -0.39 is 0 Å². The van der Waals surface area contributed by atoms with Gasteiger partial charge in [-0.1, -0.05) is 12.1 Å². The van der Waals surface area contributed by atoms with Gasteiger partial charge >= 0.3 is 0 Å². The molecule has 1 atom stereocenters. The Kier molecular flexibility index (Phi) is 5.88. The largest absolute Gasteiger partial charge is 0.337 e. The Bertz CT molecular complexity index is 439. The molecule has 1 N–H and O–H groups in total. The van der Waals surface area contributed by atoms with Gasteiger partial charge in [0.15, 0.2) is 0 Å². The summed E-state index contributed by atoms with van der Waals surface area (Å²) >= 11 is 2.26. The first-order valence-electron chi connectivity index (χ1n) is 5.85. The molecule has 1 unspecified atom stereocenters. The summed E-state index contributed by atoms with van der Waals surface area (Å²) in [7, 11) is 1.95. The molecule has 0 radical (unpaired) electrons. The third-order valence-electron chi connectivity index (χ3n) is 3.31. The number of likely N-dealkylation sites (tertiary alicyclic amines) is 1. The van der Waals surface area contributed by atoms with E-state index in [9.17, 15) is 4.79 Å². The van der Waals surface area contributed by atoms with Crippen LogP contribution in [-0.2, 0) is 0 Å². The highest BCUT2D eigenvalue weighted by Gasteiger charge is 2.26. The van der Waals surface area contributed by atoms with E-state index in [0.29, 0.717) is 6.04 Å². The number of likely N-dealkylation sites (N-methyl/N-ethyl adjacent to an activating group) is 1. The third kappa shape index (κ3) is 3.16. The number of nitrogens with zero attached hydrogens (tertiary/aromatic N) is 1. The minimum Gasteiger partial charge on any atom is -0.337 e. The number of amides is 1. The molecule has 0 spiro atoms. The molecule has 1 amide bonds. The standard InChI is InChI=1S/C13H17IN2O.ClH/c1-9-4-3-5-11(12(9)14)13(17)16-7-6-10(8-16)15-2;/h3-5,10,15H,6-8H2,1-2H3;1H. The molecule has 0 aromatic heterocycles. The van der Waals surface area contributed by atoms with E-state index in [-0.39, 0.29) is 18.3 Å². The topological polar surface area (TPSA) is 32.3 Å². The Labute approximate surface area is 128 Å². The van der Waals surface area contributed by atoms with Crippen molar-refractivity contribution >= 4 is 40.9 Å². The molecule has 0 saturated carbocycles. The fraction of sp³-hybridized carbons (Fsp3) is 0.462. The summed E-state index contributed by atoms with van der Waals surface area (Å²) < 4.78 is 1.07. The van der Waals surface area contributed by atoms with Crippen LogP contribution in [0.25, 0.3) is 0 Å². The highest BCUT2D eigenvalue weighted by atomic mass is 127. The molecule has 1 saturated heterocycles. The van der Waals surface area contributed by atoms with Crippen LogP contribution in [0, 0.1) is 10.5 Å². The summed E-state index contributed by atoms with van der Waals surface area (Å²) in [6.07, 6.45) is 1.05. The Hall–Kier alpha value is -0.330. The lowest BCUT2D eigenvalue weighted by Gasteiger charge is -2.17. The van der Waals surface area contributed by atoms with Gasteiger partial charge in [-0.05, 0) is 54.6 Å². The second-order valence-electron chi connectivity index (χ2n) is 4.46. The van der Waals surface area contributed by atoms with E-state index >= 15 is 0 Å². The summed E-state index contributed by atoms with van der Waals surface area (Å²) in [5, 5.41) is 3.23. The molecule has 1 aromatic carbocycles. The number of aryl methyl sites for hydroxylation is 1. The summed E-state index contributed by atoms with van der Waals surface area (Å²) in [6.45, 7) is 3.71. The summed E-state index contributed by atoms with van der Waals surface area (Å²) in [5.41, 5.74) is 2.00. The molecule has 2 rings (SSSR count). The quantitative estimate of drug-likeness (QED) is 0.800. The van der Waals surface area contributed by atoms with E-state index in [1.807, 2.05) is 37.1 Å². The highest BCUT2D eigenvalue weighted by molar-refractivity contribution is 14.1. The molecular weight excluding hydrogens is 363 g/mol. The number of carbonyl (C=O) groups excluding carboxylic acids is 1. The van der Waals surface area contributed by atoms with Crippen LogP contribution in [0.3, 0.4) is 0 Å². The molecule has 1 heterocycles.